The van der Waals surface area contributed by atoms with Crippen molar-refractivity contribution in [3.8, 4) is 11.5 Å². The van der Waals surface area contributed by atoms with E-state index in [9.17, 15) is 9.59 Å². The van der Waals surface area contributed by atoms with E-state index in [1.165, 1.54) is 11.8 Å². The number of Topliss-reactive ketones (excluding diaryl/α,β-unsaturated/α-hetero) is 1. The average molecular weight is 538 g/mol. The summed E-state index contributed by atoms with van der Waals surface area (Å²) < 4.78 is 11.3. The zero-order valence-electron chi connectivity index (χ0n) is 21.1. The fourth-order valence-electron chi connectivity index (χ4n) is 5.14. The number of hydrogen-bond acceptors (Lipinski definition) is 7. The quantitative estimate of drug-likeness (QED) is 0.297. The first kappa shape index (κ1) is 25.4. The van der Waals surface area contributed by atoms with E-state index in [0.29, 0.717) is 62.8 Å². The van der Waals surface area contributed by atoms with E-state index in [0.717, 1.165) is 11.3 Å². The predicted molar refractivity (Wildman–Crippen MR) is 146 cm³/mol. The molecule has 0 saturated heterocycles. The van der Waals surface area contributed by atoms with Crippen LogP contribution in [0.5, 0.6) is 11.5 Å². The number of thioether (sulfide) groups is 1. The average Bonchev–Trinajstić information content (AvgIpc) is 2.85. The molecule has 1 aliphatic heterocycles. The lowest BCUT2D eigenvalue weighted by Crippen LogP contribution is -2.37. The molecule has 0 bridgehead atoms. The zero-order chi connectivity index (χ0) is 26.3. The van der Waals surface area contributed by atoms with Gasteiger partial charge < -0.3 is 19.8 Å². The van der Waals surface area contributed by atoms with Crippen molar-refractivity contribution in [2.75, 3.05) is 19.5 Å². The first-order chi connectivity index (χ1) is 17.7. The van der Waals surface area contributed by atoms with Crippen LogP contribution in [0.4, 0.5) is 5.82 Å². The van der Waals surface area contributed by atoms with Gasteiger partial charge in [-0.3, -0.25) is 9.59 Å². The van der Waals surface area contributed by atoms with Crippen LogP contribution < -0.4 is 20.3 Å². The number of ketones is 1. The summed E-state index contributed by atoms with van der Waals surface area (Å²) >= 11 is 7.43. The molecule has 1 aromatic heterocycles. The van der Waals surface area contributed by atoms with Crippen LogP contribution in [0.2, 0.25) is 5.02 Å². The third-order valence-corrected chi connectivity index (χ3v) is 7.93. The predicted octanol–water partition coefficient (Wildman–Crippen LogP) is 5.93. The number of rotatable bonds is 6. The van der Waals surface area contributed by atoms with Crippen molar-refractivity contribution in [3.63, 3.8) is 0 Å². The van der Waals surface area contributed by atoms with Gasteiger partial charge in [-0.05, 0) is 35.6 Å². The largest absolute Gasteiger partial charge is 0.493 e. The Morgan fingerprint density at radius 1 is 1.08 bits per heavy atom. The summed E-state index contributed by atoms with van der Waals surface area (Å²) in [4.78, 5) is 34.9. The molecular weight excluding hydrogens is 510 g/mol. The molecule has 0 saturated carbocycles. The number of fused-ring (bicyclic) bond motifs is 1. The fraction of sp³-hybridized carbons (Fsp3) is 0.321. The number of para-hydroxylation sites is 1. The van der Waals surface area contributed by atoms with E-state index >= 15 is 0 Å². The van der Waals surface area contributed by atoms with E-state index < -0.39 is 5.92 Å². The first-order valence-corrected chi connectivity index (χ1v) is 13.3. The van der Waals surface area contributed by atoms with Crippen molar-refractivity contribution in [3.05, 3.63) is 85.8 Å². The fourth-order valence-corrected chi connectivity index (χ4v) is 6.09. The summed E-state index contributed by atoms with van der Waals surface area (Å²) in [5, 5.41) is 4.53. The molecule has 0 unspecified atom stereocenters. The molecule has 0 fully saturated rings. The van der Waals surface area contributed by atoms with E-state index in [2.05, 4.69) is 24.1 Å². The van der Waals surface area contributed by atoms with Crippen molar-refractivity contribution < 1.29 is 14.3 Å². The molecule has 7 nitrogen and oxygen atoms in total. The van der Waals surface area contributed by atoms with Gasteiger partial charge in [-0.2, -0.15) is 0 Å². The van der Waals surface area contributed by atoms with Gasteiger partial charge >= 0.3 is 0 Å². The number of hydrogen-bond donors (Lipinski definition) is 2. The monoisotopic (exact) mass is 537 g/mol. The Bertz CT molecular complexity index is 1460. The van der Waals surface area contributed by atoms with Gasteiger partial charge in [0, 0.05) is 34.0 Å². The Morgan fingerprint density at radius 3 is 2.54 bits per heavy atom. The van der Waals surface area contributed by atoms with Gasteiger partial charge in [-0.25, -0.2) is 4.98 Å². The van der Waals surface area contributed by atoms with E-state index in [4.69, 9.17) is 26.1 Å². The van der Waals surface area contributed by atoms with Crippen LogP contribution in [0.25, 0.3) is 0 Å². The number of benzene rings is 2. The summed E-state index contributed by atoms with van der Waals surface area (Å²) in [5.74, 6) is 1.48. The molecule has 2 heterocycles. The Morgan fingerprint density at radius 2 is 1.84 bits per heavy atom. The van der Waals surface area contributed by atoms with Gasteiger partial charge in [0.15, 0.2) is 22.4 Å². The van der Waals surface area contributed by atoms with Crippen molar-refractivity contribution in [1.29, 1.82) is 0 Å². The smallest absolute Gasteiger partial charge is 0.257 e. The molecule has 9 heteroatoms. The highest BCUT2D eigenvalue weighted by molar-refractivity contribution is 7.98. The number of carbonyl (C=O) groups excluding carboxylic acids is 1. The van der Waals surface area contributed by atoms with Gasteiger partial charge in [0.25, 0.3) is 5.56 Å². The summed E-state index contributed by atoms with van der Waals surface area (Å²) in [6.45, 7) is 4.15. The highest BCUT2D eigenvalue weighted by atomic mass is 35.5. The van der Waals surface area contributed by atoms with Crippen LogP contribution in [-0.2, 0) is 10.5 Å². The molecule has 1 aliphatic carbocycles. The minimum absolute atomic E-state index is 0.0138. The third kappa shape index (κ3) is 4.88. The second-order valence-electron chi connectivity index (χ2n) is 10.0. The highest BCUT2D eigenvalue weighted by Crippen LogP contribution is 2.50. The molecule has 2 aromatic carbocycles. The zero-order valence-corrected chi connectivity index (χ0v) is 22.7. The minimum Gasteiger partial charge on any atom is -0.493 e. The molecule has 3 aromatic rings. The number of H-pyrrole nitrogens is 1. The van der Waals surface area contributed by atoms with Gasteiger partial charge in [0.2, 0.25) is 0 Å². The number of nitrogens with zero attached hydrogens (tertiary/aromatic N) is 1. The number of ether oxygens (including phenoxy) is 2. The number of nitrogens with one attached hydrogen (secondary N) is 2. The van der Waals surface area contributed by atoms with Gasteiger partial charge in [0.05, 0.1) is 25.7 Å². The van der Waals surface area contributed by atoms with Gasteiger partial charge in [-0.15, -0.1) is 0 Å². The molecule has 0 radical (unpaired) electrons. The van der Waals surface area contributed by atoms with Crippen LogP contribution in [-0.4, -0.2) is 30.0 Å². The number of methoxy groups -OCH3 is 2. The van der Waals surface area contributed by atoms with Crippen molar-refractivity contribution >= 4 is 35.0 Å². The number of carbonyl (C=O) groups is 1. The standard InChI is InChI=1S/C28H28ClN3O4S/c1-28(2)12-18-22(19(33)13-28)21(17-6-5-7-20(35-3)24(17)36-4)23-25(30-18)31-27(32-26(23)34)37-14-15-8-10-16(29)11-9-15/h5-11,21H,12-14H2,1-4H3,(H2,30,31,32,34)/t21-/m0/s1. The van der Waals surface area contributed by atoms with Gasteiger partial charge in [-0.1, -0.05) is 61.5 Å². The Balaban J connectivity index is 1.63. The minimum atomic E-state index is -0.633. The SMILES string of the molecule is COc1cccc([C@H]2C3=C(CC(C)(C)CC3=O)Nc3nc(SCc4ccc(Cl)cc4)[nH]c(=O)c32)c1OC. The number of halogens is 1. The number of allylic oxidation sites excluding steroid dienone is 2. The lowest BCUT2D eigenvalue weighted by Gasteiger charge is -2.38. The van der Waals surface area contributed by atoms with Crippen LogP contribution >= 0.6 is 23.4 Å². The maximum absolute atomic E-state index is 13.6. The summed E-state index contributed by atoms with van der Waals surface area (Å²) in [6, 6.07) is 13.1. The Hall–Kier alpha value is -3.23. The summed E-state index contributed by atoms with van der Waals surface area (Å²) in [6.07, 6.45) is 1.06. The van der Waals surface area contributed by atoms with E-state index in [1.54, 1.807) is 20.3 Å². The van der Waals surface area contributed by atoms with Crippen molar-refractivity contribution in [2.24, 2.45) is 5.41 Å². The van der Waals surface area contributed by atoms with Crippen LogP contribution in [0.15, 0.2) is 63.7 Å². The molecule has 192 valence electrons. The molecule has 2 aliphatic rings. The second-order valence-corrected chi connectivity index (χ2v) is 11.4. The van der Waals surface area contributed by atoms with E-state index in [1.807, 2.05) is 36.4 Å². The molecule has 0 spiro atoms. The molecule has 1 atom stereocenters. The van der Waals surface area contributed by atoms with Crippen LogP contribution in [0.3, 0.4) is 0 Å². The lowest BCUT2D eigenvalue weighted by molar-refractivity contribution is -0.118. The topological polar surface area (TPSA) is 93.3 Å². The summed E-state index contributed by atoms with van der Waals surface area (Å²) in [7, 11) is 3.12. The first-order valence-electron chi connectivity index (χ1n) is 12.0. The number of aromatic nitrogens is 2. The Kier molecular flexibility index (Phi) is 6.81. The maximum Gasteiger partial charge on any atom is 0.257 e. The molecule has 5 rings (SSSR count). The molecule has 0 amide bonds. The Labute approximate surface area is 224 Å². The molecular formula is C28H28ClN3O4S. The second kappa shape index (κ2) is 9.91. The van der Waals surface area contributed by atoms with Crippen molar-refractivity contribution in [1.82, 2.24) is 9.97 Å². The normalized spacial score (nSPS) is 18.1. The lowest BCUT2D eigenvalue weighted by atomic mass is 9.69. The summed E-state index contributed by atoms with van der Waals surface area (Å²) in [5.41, 5.74) is 3.04. The molecule has 37 heavy (non-hydrogen) atoms. The number of anilines is 1. The van der Waals surface area contributed by atoms with Crippen LogP contribution in [0, 0.1) is 5.41 Å². The molecule has 2 N–H and O–H groups in total. The van der Waals surface area contributed by atoms with Gasteiger partial charge in [0.1, 0.15) is 5.82 Å². The van der Waals surface area contributed by atoms with E-state index in [-0.39, 0.29) is 16.8 Å². The third-order valence-electron chi connectivity index (χ3n) is 6.73. The highest BCUT2D eigenvalue weighted by Gasteiger charge is 2.43. The number of aromatic amines is 1. The van der Waals surface area contributed by atoms with Crippen molar-refractivity contribution in [2.45, 2.75) is 43.5 Å². The maximum atomic E-state index is 13.6. The van der Waals surface area contributed by atoms with Crippen LogP contribution in [0.1, 0.15) is 49.3 Å².